The number of carbonyl (C=O) groups is 2. The maximum atomic E-state index is 13.0. The van der Waals surface area contributed by atoms with E-state index in [1.807, 2.05) is 13.0 Å². The second kappa shape index (κ2) is 9.78. The number of nitrogens with one attached hydrogen (secondary N) is 4. The first kappa shape index (κ1) is 23.2. The summed E-state index contributed by atoms with van der Waals surface area (Å²) in [5.74, 6) is -0.196. The van der Waals surface area contributed by atoms with Crippen molar-refractivity contribution >= 4 is 34.9 Å². The summed E-state index contributed by atoms with van der Waals surface area (Å²) < 4.78 is 38.9. The summed E-state index contributed by atoms with van der Waals surface area (Å²) in [4.78, 5) is 27.0. The van der Waals surface area contributed by atoms with E-state index in [9.17, 15) is 22.8 Å². The van der Waals surface area contributed by atoms with E-state index in [0.29, 0.717) is 24.3 Å². The van der Waals surface area contributed by atoms with E-state index in [-0.39, 0.29) is 11.6 Å². The van der Waals surface area contributed by atoms with Crippen molar-refractivity contribution in [1.29, 1.82) is 0 Å². The minimum Gasteiger partial charge on any atom is -0.357 e. The van der Waals surface area contributed by atoms with Gasteiger partial charge in [-0.1, -0.05) is 17.7 Å². The van der Waals surface area contributed by atoms with Crippen molar-refractivity contribution in [2.75, 3.05) is 17.2 Å². The highest BCUT2D eigenvalue weighted by Gasteiger charge is 2.33. The van der Waals surface area contributed by atoms with Crippen molar-refractivity contribution in [2.24, 2.45) is 0 Å². The summed E-state index contributed by atoms with van der Waals surface area (Å²) in [5, 5.41) is 7.32. The lowest BCUT2D eigenvalue weighted by Gasteiger charge is -2.13. The average molecular weight is 465 g/mol. The van der Waals surface area contributed by atoms with Gasteiger partial charge in [0.05, 0.1) is 10.6 Å². The van der Waals surface area contributed by atoms with Crippen molar-refractivity contribution in [2.45, 2.75) is 19.5 Å². The van der Waals surface area contributed by atoms with Gasteiger partial charge in [0.1, 0.15) is 5.69 Å². The molecule has 1 aromatic heterocycles. The molecule has 0 saturated heterocycles. The first-order valence-electron chi connectivity index (χ1n) is 9.59. The first-order chi connectivity index (χ1) is 15.1. The highest BCUT2D eigenvalue weighted by molar-refractivity contribution is 6.31. The average Bonchev–Trinajstić information content (AvgIpc) is 3.25. The molecular formula is C22H20ClF3N4O2. The van der Waals surface area contributed by atoms with Gasteiger partial charge in [-0.2, -0.15) is 13.2 Å². The molecule has 3 amide bonds. The summed E-state index contributed by atoms with van der Waals surface area (Å²) >= 11 is 5.59. The number of halogens is 4. The topological polar surface area (TPSA) is 86.0 Å². The number of alkyl halides is 3. The maximum Gasteiger partial charge on any atom is 0.417 e. The highest BCUT2D eigenvalue weighted by atomic mass is 35.5. The molecule has 0 fully saturated rings. The molecular weight excluding hydrogens is 445 g/mol. The zero-order chi connectivity index (χ0) is 23.3. The number of rotatable bonds is 6. The second-order valence-electron chi connectivity index (χ2n) is 7.00. The molecule has 0 saturated carbocycles. The van der Waals surface area contributed by atoms with E-state index >= 15 is 0 Å². The van der Waals surface area contributed by atoms with Gasteiger partial charge in [0.2, 0.25) is 0 Å². The fourth-order valence-corrected chi connectivity index (χ4v) is 3.27. The fraction of sp³-hybridized carbons (Fsp3) is 0.182. The minimum atomic E-state index is -4.63. The van der Waals surface area contributed by atoms with Gasteiger partial charge in [-0.25, -0.2) is 4.79 Å². The van der Waals surface area contributed by atoms with Crippen LogP contribution in [0.1, 0.15) is 27.2 Å². The number of hydrogen-bond donors (Lipinski definition) is 4. The lowest BCUT2D eigenvalue weighted by atomic mass is 10.0. The van der Waals surface area contributed by atoms with Crippen molar-refractivity contribution in [1.82, 2.24) is 10.3 Å². The summed E-state index contributed by atoms with van der Waals surface area (Å²) in [6.45, 7) is 2.30. The third-order valence-electron chi connectivity index (χ3n) is 4.65. The second-order valence-corrected chi connectivity index (χ2v) is 7.41. The number of amides is 3. The summed E-state index contributed by atoms with van der Waals surface area (Å²) in [6, 6.07) is 11.1. The van der Waals surface area contributed by atoms with E-state index < -0.39 is 22.8 Å². The predicted octanol–water partition coefficient (Wildman–Crippen LogP) is 5.61. The number of H-pyrrole nitrogens is 1. The molecule has 0 spiro atoms. The number of anilines is 2. The molecule has 0 atom stereocenters. The number of benzene rings is 2. The molecule has 0 aliphatic rings. The molecule has 3 aromatic rings. The van der Waals surface area contributed by atoms with Crippen molar-refractivity contribution < 1.29 is 22.8 Å². The van der Waals surface area contributed by atoms with Crippen LogP contribution in [0.2, 0.25) is 5.02 Å². The molecule has 0 aliphatic carbocycles. The Bertz CT molecular complexity index is 1110. The molecule has 0 bridgehead atoms. The van der Waals surface area contributed by atoms with Gasteiger partial charge in [-0.15, -0.1) is 0 Å². The lowest BCUT2D eigenvalue weighted by molar-refractivity contribution is -0.137. The van der Waals surface area contributed by atoms with Crippen LogP contribution in [0.5, 0.6) is 0 Å². The Hall–Kier alpha value is -3.46. The van der Waals surface area contributed by atoms with Gasteiger partial charge in [0, 0.05) is 24.1 Å². The molecule has 168 valence electrons. The van der Waals surface area contributed by atoms with E-state index in [0.717, 1.165) is 23.3 Å². The molecule has 3 rings (SSSR count). The molecule has 0 unspecified atom stereocenters. The SMILES string of the molecule is Cc1cc(NC(=O)Nc2ccc(Cl)c(C(F)(F)F)c2)ccc1CCNC(=O)c1ccc[nH]1. The number of aryl methyl sites for hydroxylation is 1. The van der Waals surface area contributed by atoms with Crippen LogP contribution < -0.4 is 16.0 Å². The van der Waals surface area contributed by atoms with Crippen LogP contribution in [-0.2, 0) is 12.6 Å². The summed E-state index contributed by atoms with van der Waals surface area (Å²) in [7, 11) is 0. The predicted molar refractivity (Wildman–Crippen MR) is 117 cm³/mol. The third-order valence-corrected chi connectivity index (χ3v) is 4.98. The zero-order valence-corrected chi connectivity index (χ0v) is 17.7. The zero-order valence-electron chi connectivity index (χ0n) is 16.9. The van der Waals surface area contributed by atoms with Crippen LogP contribution in [-0.4, -0.2) is 23.5 Å². The Kier molecular flexibility index (Phi) is 7.09. The molecule has 0 aliphatic heterocycles. The standard InChI is InChI=1S/C22H20ClF3N4O2/c1-13-11-15(5-4-14(13)8-10-28-20(31)19-3-2-9-27-19)29-21(32)30-16-6-7-18(23)17(12-16)22(24,25)26/h2-7,9,11-12,27H,8,10H2,1H3,(H,28,31)(H2,29,30,32). The monoisotopic (exact) mass is 464 g/mol. The quantitative estimate of drug-likeness (QED) is 0.382. The Morgan fingerprint density at radius 3 is 2.34 bits per heavy atom. The lowest BCUT2D eigenvalue weighted by Crippen LogP contribution is -2.26. The normalized spacial score (nSPS) is 11.2. The van der Waals surface area contributed by atoms with Crippen LogP contribution in [0.25, 0.3) is 0 Å². The largest absolute Gasteiger partial charge is 0.417 e. The van der Waals surface area contributed by atoms with Gasteiger partial charge in [0.25, 0.3) is 5.91 Å². The fourth-order valence-electron chi connectivity index (χ4n) is 3.05. The molecule has 32 heavy (non-hydrogen) atoms. The summed E-state index contributed by atoms with van der Waals surface area (Å²) in [6.07, 6.45) is -2.36. The first-order valence-corrected chi connectivity index (χ1v) is 9.97. The Labute approximate surface area is 187 Å². The van der Waals surface area contributed by atoms with Crippen LogP contribution in [0.3, 0.4) is 0 Å². The van der Waals surface area contributed by atoms with E-state index in [1.165, 1.54) is 6.07 Å². The highest BCUT2D eigenvalue weighted by Crippen LogP contribution is 2.36. The van der Waals surface area contributed by atoms with Crippen molar-refractivity contribution in [3.63, 3.8) is 0 Å². The van der Waals surface area contributed by atoms with Gasteiger partial charge in [0.15, 0.2) is 0 Å². The van der Waals surface area contributed by atoms with Gasteiger partial charge < -0.3 is 20.9 Å². The van der Waals surface area contributed by atoms with Crippen LogP contribution in [0.15, 0.2) is 54.7 Å². The van der Waals surface area contributed by atoms with E-state index in [4.69, 9.17) is 11.6 Å². The Balaban J connectivity index is 1.56. The van der Waals surface area contributed by atoms with E-state index in [1.54, 1.807) is 30.5 Å². The third kappa shape index (κ3) is 6.04. The number of aromatic nitrogens is 1. The number of urea groups is 1. The van der Waals surface area contributed by atoms with Crippen LogP contribution in [0, 0.1) is 6.92 Å². The molecule has 1 heterocycles. The Morgan fingerprint density at radius 1 is 1.03 bits per heavy atom. The molecule has 2 aromatic carbocycles. The Morgan fingerprint density at radius 2 is 1.72 bits per heavy atom. The molecule has 10 heteroatoms. The number of carbonyl (C=O) groups excluding carboxylic acids is 2. The van der Waals surface area contributed by atoms with Crippen molar-refractivity contribution in [3.8, 4) is 0 Å². The smallest absolute Gasteiger partial charge is 0.357 e. The summed E-state index contributed by atoms with van der Waals surface area (Å²) in [5.41, 5.74) is 1.77. The van der Waals surface area contributed by atoms with Crippen molar-refractivity contribution in [3.05, 3.63) is 82.1 Å². The van der Waals surface area contributed by atoms with Gasteiger partial charge >= 0.3 is 12.2 Å². The molecule has 4 N–H and O–H groups in total. The molecule has 6 nitrogen and oxygen atoms in total. The number of aromatic amines is 1. The number of hydrogen-bond acceptors (Lipinski definition) is 2. The van der Waals surface area contributed by atoms with Gasteiger partial charge in [-0.05, 0) is 66.9 Å². The molecule has 0 radical (unpaired) electrons. The van der Waals surface area contributed by atoms with Crippen LogP contribution in [0.4, 0.5) is 29.3 Å². The van der Waals surface area contributed by atoms with Gasteiger partial charge in [-0.3, -0.25) is 4.79 Å². The van der Waals surface area contributed by atoms with Crippen LogP contribution >= 0.6 is 11.6 Å². The van der Waals surface area contributed by atoms with E-state index in [2.05, 4.69) is 20.9 Å². The maximum absolute atomic E-state index is 13.0. The minimum absolute atomic E-state index is 0.0367.